The van der Waals surface area contributed by atoms with E-state index in [4.69, 9.17) is 15.0 Å². The molecule has 2 aromatic carbocycles. The molecule has 7 heteroatoms. The van der Waals surface area contributed by atoms with Gasteiger partial charge >= 0.3 is 0 Å². The molecule has 0 bridgehead atoms. The van der Waals surface area contributed by atoms with Crippen molar-refractivity contribution < 1.29 is 17.7 Å². The van der Waals surface area contributed by atoms with Crippen LogP contribution in [0, 0.1) is 0 Å². The van der Waals surface area contributed by atoms with Crippen molar-refractivity contribution >= 4 is 27.2 Å². The van der Waals surface area contributed by atoms with Gasteiger partial charge in [0.2, 0.25) is 0 Å². The molecule has 6 nitrogen and oxygen atoms in total. The van der Waals surface area contributed by atoms with Crippen LogP contribution in [0.3, 0.4) is 0 Å². The van der Waals surface area contributed by atoms with Crippen LogP contribution in [-0.4, -0.2) is 20.1 Å². The van der Waals surface area contributed by atoms with Crippen molar-refractivity contribution in [2.24, 2.45) is 0 Å². The zero-order chi connectivity index (χ0) is 14.8. The van der Waals surface area contributed by atoms with E-state index in [2.05, 4.69) is 5.32 Å². The monoisotopic (exact) mass is 294 g/mol. The van der Waals surface area contributed by atoms with Gasteiger partial charge in [-0.1, -0.05) is 0 Å². The molecule has 106 valence electrons. The Morgan fingerprint density at radius 3 is 2.25 bits per heavy atom. The number of nitrogen functional groups attached to an aromatic ring is 1. The van der Waals surface area contributed by atoms with Crippen LogP contribution in [0.4, 0.5) is 17.1 Å². The predicted octanol–water partition coefficient (Wildman–Crippen LogP) is 2.27. The molecule has 4 N–H and O–H groups in total. The molecule has 0 radical (unpaired) electrons. The van der Waals surface area contributed by atoms with Gasteiger partial charge in [-0.25, -0.2) is 0 Å². The summed E-state index contributed by atoms with van der Waals surface area (Å²) in [4.78, 5) is -0.323. The van der Waals surface area contributed by atoms with E-state index in [1.54, 1.807) is 37.4 Å². The first kappa shape index (κ1) is 14.2. The van der Waals surface area contributed by atoms with Crippen LogP contribution in [0.15, 0.2) is 47.4 Å². The van der Waals surface area contributed by atoms with Crippen LogP contribution >= 0.6 is 0 Å². The van der Waals surface area contributed by atoms with E-state index >= 15 is 0 Å². The molecule has 2 rings (SSSR count). The van der Waals surface area contributed by atoms with Crippen molar-refractivity contribution in [2.45, 2.75) is 4.90 Å². The maximum absolute atomic E-state index is 11.2. The molecular formula is C13H14N2O4S. The highest BCUT2D eigenvalue weighted by Gasteiger charge is 2.14. The molecule has 0 aromatic heterocycles. The van der Waals surface area contributed by atoms with Crippen LogP contribution in [0.2, 0.25) is 0 Å². The quantitative estimate of drug-likeness (QED) is 0.590. The fourth-order valence-corrected chi connectivity index (χ4v) is 2.32. The number of anilines is 3. The lowest BCUT2D eigenvalue weighted by Gasteiger charge is -2.09. The molecule has 20 heavy (non-hydrogen) atoms. The summed E-state index contributed by atoms with van der Waals surface area (Å²) in [5, 5.41) is 3.01. The van der Waals surface area contributed by atoms with E-state index in [0.717, 1.165) is 5.69 Å². The lowest BCUT2D eigenvalue weighted by molar-refractivity contribution is 0.415. The van der Waals surface area contributed by atoms with Gasteiger partial charge in [-0.15, -0.1) is 0 Å². The molecule has 0 heterocycles. The molecule has 0 amide bonds. The van der Waals surface area contributed by atoms with Gasteiger partial charge in [0.15, 0.2) is 0 Å². The average Bonchev–Trinajstić information content (AvgIpc) is 2.40. The summed E-state index contributed by atoms with van der Waals surface area (Å²) < 4.78 is 36.5. The number of nitrogens with one attached hydrogen (secondary N) is 1. The molecule has 2 aromatic rings. The van der Waals surface area contributed by atoms with Crippen molar-refractivity contribution in [1.82, 2.24) is 0 Å². The first-order chi connectivity index (χ1) is 9.40. The van der Waals surface area contributed by atoms with Gasteiger partial charge in [-0.3, -0.25) is 4.55 Å². The van der Waals surface area contributed by atoms with E-state index in [0.29, 0.717) is 11.4 Å². The minimum atomic E-state index is -4.34. The highest BCUT2D eigenvalue weighted by atomic mass is 32.2. The molecule has 0 saturated heterocycles. The summed E-state index contributed by atoms with van der Waals surface area (Å²) in [6.07, 6.45) is 0. The minimum Gasteiger partial charge on any atom is -0.497 e. The summed E-state index contributed by atoms with van der Waals surface area (Å²) in [7, 11) is -2.77. The summed E-state index contributed by atoms with van der Waals surface area (Å²) >= 11 is 0. The fourth-order valence-electron chi connectivity index (χ4n) is 1.68. The van der Waals surface area contributed by atoms with Gasteiger partial charge in [0.1, 0.15) is 10.6 Å². The number of rotatable bonds is 4. The zero-order valence-electron chi connectivity index (χ0n) is 10.7. The summed E-state index contributed by atoms with van der Waals surface area (Å²) in [6, 6.07) is 11.4. The molecule has 0 saturated carbocycles. The third-order valence-electron chi connectivity index (χ3n) is 2.67. The van der Waals surface area contributed by atoms with Crippen LogP contribution in [0.25, 0.3) is 0 Å². The standard InChI is InChI=1S/C13H14N2O4S/c1-19-11-5-2-9(3-6-11)15-10-4-7-12(14)13(8-10)20(16,17)18/h2-8,15H,14H2,1H3,(H,16,17,18). The maximum Gasteiger partial charge on any atom is 0.296 e. The normalized spacial score (nSPS) is 11.1. The topological polar surface area (TPSA) is 102 Å². The zero-order valence-corrected chi connectivity index (χ0v) is 11.5. The number of methoxy groups -OCH3 is 1. The second-order valence-corrected chi connectivity index (χ2v) is 5.47. The van der Waals surface area contributed by atoms with Crippen LogP contribution in [-0.2, 0) is 10.1 Å². The third kappa shape index (κ3) is 3.19. The van der Waals surface area contributed by atoms with Gasteiger partial charge in [-0.2, -0.15) is 8.42 Å². The van der Waals surface area contributed by atoms with E-state index in [-0.39, 0.29) is 10.6 Å². The van der Waals surface area contributed by atoms with Crippen molar-refractivity contribution in [3.8, 4) is 5.75 Å². The van der Waals surface area contributed by atoms with Crippen molar-refractivity contribution in [3.63, 3.8) is 0 Å². The maximum atomic E-state index is 11.2. The summed E-state index contributed by atoms with van der Waals surface area (Å²) in [5.41, 5.74) is 6.76. The predicted molar refractivity (Wildman–Crippen MR) is 76.9 cm³/mol. The van der Waals surface area contributed by atoms with Gasteiger partial charge < -0.3 is 15.8 Å². The Labute approximate surface area is 116 Å². The molecule has 0 fully saturated rings. The van der Waals surface area contributed by atoms with E-state index in [1.807, 2.05) is 0 Å². The first-order valence-electron chi connectivity index (χ1n) is 5.68. The molecule has 0 spiro atoms. The highest BCUT2D eigenvalue weighted by Crippen LogP contribution is 2.25. The second kappa shape index (κ2) is 5.40. The number of benzene rings is 2. The van der Waals surface area contributed by atoms with Gasteiger partial charge in [0.05, 0.1) is 12.8 Å². The van der Waals surface area contributed by atoms with Crippen molar-refractivity contribution in [3.05, 3.63) is 42.5 Å². The van der Waals surface area contributed by atoms with Gasteiger partial charge in [-0.05, 0) is 42.5 Å². The summed E-state index contributed by atoms with van der Waals surface area (Å²) in [6.45, 7) is 0. The van der Waals surface area contributed by atoms with Crippen LogP contribution < -0.4 is 15.8 Å². The van der Waals surface area contributed by atoms with Crippen molar-refractivity contribution in [1.29, 1.82) is 0 Å². The highest BCUT2D eigenvalue weighted by molar-refractivity contribution is 7.86. The fraction of sp³-hybridized carbons (Fsp3) is 0.0769. The van der Waals surface area contributed by atoms with Gasteiger partial charge in [0, 0.05) is 11.4 Å². The Morgan fingerprint density at radius 1 is 1.10 bits per heavy atom. The minimum absolute atomic E-state index is 0.00668. The number of ether oxygens (including phenoxy) is 1. The van der Waals surface area contributed by atoms with Crippen LogP contribution in [0.1, 0.15) is 0 Å². The van der Waals surface area contributed by atoms with Crippen molar-refractivity contribution in [2.75, 3.05) is 18.2 Å². The lowest BCUT2D eigenvalue weighted by atomic mass is 10.2. The number of hydrogen-bond acceptors (Lipinski definition) is 5. The lowest BCUT2D eigenvalue weighted by Crippen LogP contribution is -2.04. The molecule has 0 aliphatic heterocycles. The number of hydrogen-bond donors (Lipinski definition) is 3. The first-order valence-corrected chi connectivity index (χ1v) is 7.12. The molecular weight excluding hydrogens is 280 g/mol. The number of nitrogens with two attached hydrogens (primary N) is 1. The van der Waals surface area contributed by atoms with Crippen LogP contribution in [0.5, 0.6) is 5.75 Å². The Morgan fingerprint density at radius 2 is 1.70 bits per heavy atom. The molecule has 0 aliphatic carbocycles. The Bertz CT molecular complexity index is 712. The average molecular weight is 294 g/mol. The van der Waals surface area contributed by atoms with E-state index in [1.165, 1.54) is 12.1 Å². The van der Waals surface area contributed by atoms with E-state index < -0.39 is 10.1 Å². The summed E-state index contributed by atoms with van der Waals surface area (Å²) in [5.74, 6) is 0.714. The molecule has 0 unspecified atom stereocenters. The molecule has 0 aliphatic rings. The Balaban J connectivity index is 2.29. The van der Waals surface area contributed by atoms with Gasteiger partial charge in [0.25, 0.3) is 10.1 Å². The Hall–Kier alpha value is -2.25. The molecule has 0 atom stereocenters. The third-order valence-corrected chi connectivity index (χ3v) is 3.58. The second-order valence-electron chi connectivity index (χ2n) is 4.08. The SMILES string of the molecule is COc1ccc(Nc2ccc(N)c(S(=O)(=O)O)c2)cc1. The van der Waals surface area contributed by atoms with E-state index in [9.17, 15) is 8.42 Å². The smallest absolute Gasteiger partial charge is 0.296 e. The Kier molecular flexibility index (Phi) is 3.82. The largest absolute Gasteiger partial charge is 0.497 e.